The van der Waals surface area contributed by atoms with Crippen molar-refractivity contribution in [1.29, 1.82) is 0 Å². The summed E-state index contributed by atoms with van der Waals surface area (Å²) in [6, 6.07) is 7.99. The average molecular weight is 375 g/mol. The normalized spacial score (nSPS) is 10.5. The molecule has 0 fully saturated rings. The standard InChI is InChI=1S/C14H21N3O.HI/c1-11(2)10-17-14(15)16-9-8-12-4-6-13(18-3)7-5-12;/h4-7H,1,8-10H2,2-3H3,(H3,15,16,17);1H. The SMILES string of the molecule is C=C(C)CN=C(N)NCCc1ccc(OC)cc1.I. The molecule has 0 saturated carbocycles. The molecule has 1 aromatic carbocycles. The van der Waals surface area contributed by atoms with Crippen molar-refractivity contribution in [1.82, 2.24) is 5.32 Å². The molecule has 3 N–H and O–H groups in total. The number of hydrogen-bond donors (Lipinski definition) is 2. The van der Waals surface area contributed by atoms with Crippen molar-refractivity contribution >= 4 is 29.9 Å². The summed E-state index contributed by atoms with van der Waals surface area (Å²) in [4.78, 5) is 4.15. The molecule has 0 spiro atoms. The van der Waals surface area contributed by atoms with Crippen molar-refractivity contribution in [2.24, 2.45) is 10.7 Å². The lowest BCUT2D eigenvalue weighted by Gasteiger charge is -2.06. The largest absolute Gasteiger partial charge is 0.497 e. The maximum absolute atomic E-state index is 5.71. The molecule has 1 rings (SSSR count). The third-order valence-corrected chi connectivity index (χ3v) is 2.40. The third-order valence-electron chi connectivity index (χ3n) is 2.40. The van der Waals surface area contributed by atoms with Gasteiger partial charge < -0.3 is 15.8 Å². The van der Waals surface area contributed by atoms with Crippen molar-refractivity contribution in [3.63, 3.8) is 0 Å². The molecule has 106 valence electrons. The second-order valence-corrected chi connectivity index (χ2v) is 4.18. The van der Waals surface area contributed by atoms with E-state index in [-0.39, 0.29) is 24.0 Å². The van der Waals surface area contributed by atoms with Gasteiger partial charge in [0.05, 0.1) is 13.7 Å². The van der Waals surface area contributed by atoms with Crippen molar-refractivity contribution in [3.05, 3.63) is 42.0 Å². The molecular weight excluding hydrogens is 353 g/mol. The highest BCUT2D eigenvalue weighted by molar-refractivity contribution is 14.0. The number of nitrogens with one attached hydrogen (secondary N) is 1. The van der Waals surface area contributed by atoms with Crippen LogP contribution in [-0.4, -0.2) is 26.2 Å². The van der Waals surface area contributed by atoms with Gasteiger partial charge in [-0.05, 0) is 31.0 Å². The Hall–Kier alpha value is -1.24. The van der Waals surface area contributed by atoms with Crippen LogP contribution in [0.5, 0.6) is 5.75 Å². The summed E-state index contributed by atoms with van der Waals surface area (Å²) >= 11 is 0. The number of guanidine groups is 1. The van der Waals surface area contributed by atoms with Gasteiger partial charge in [-0.3, -0.25) is 0 Å². The molecule has 0 amide bonds. The second kappa shape index (κ2) is 9.66. The van der Waals surface area contributed by atoms with Crippen LogP contribution >= 0.6 is 24.0 Å². The molecule has 0 radical (unpaired) electrons. The van der Waals surface area contributed by atoms with E-state index >= 15 is 0 Å². The molecule has 0 aliphatic carbocycles. The first kappa shape index (κ1) is 17.8. The Bertz CT molecular complexity index is 415. The smallest absolute Gasteiger partial charge is 0.188 e. The molecule has 0 heterocycles. The molecular formula is C14H22IN3O. The summed E-state index contributed by atoms with van der Waals surface area (Å²) in [5.74, 6) is 1.33. The number of nitrogens with two attached hydrogens (primary N) is 1. The van der Waals surface area contributed by atoms with E-state index in [4.69, 9.17) is 10.5 Å². The van der Waals surface area contributed by atoms with Gasteiger partial charge in [-0.1, -0.05) is 24.3 Å². The topological polar surface area (TPSA) is 59.6 Å². The molecule has 1 aromatic rings. The summed E-state index contributed by atoms with van der Waals surface area (Å²) in [5.41, 5.74) is 7.94. The van der Waals surface area contributed by atoms with E-state index in [1.54, 1.807) is 7.11 Å². The molecule has 0 aliphatic heterocycles. The summed E-state index contributed by atoms with van der Waals surface area (Å²) in [5, 5.41) is 3.07. The lowest BCUT2D eigenvalue weighted by Crippen LogP contribution is -2.33. The van der Waals surface area contributed by atoms with Crippen molar-refractivity contribution in [2.45, 2.75) is 13.3 Å². The van der Waals surface area contributed by atoms with Gasteiger partial charge in [0, 0.05) is 6.54 Å². The average Bonchev–Trinajstić information content (AvgIpc) is 2.37. The van der Waals surface area contributed by atoms with Gasteiger partial charge in [0.1, 0.15) is 5.75 Å². The van der Waals surface area contributed by atoms with Gasteiger partial charge in [-0.15, -0.1) is 24.0 Å². The first-order chi connectivity index (χ1) is 8.61. The molecule has 0 saturated heterocycles. The van der Waals surface area contributed by atoms with Crippen molar-refractivity contribution in [3.8, 4) is 5.75 Å². The Balaban J connectivity index is 0.00000324. The van der Waals surface area contributed by atoms with Crippen LogP contribution in [-0.2, 0) is 6.42 Å². The lowest BCUT2D eigenvalue weighted by atomic mass is 10.1. The predicted molar refractivity (Wildman–Crippen MR) is 91.4 cm³/mol. The summed E-state index contributed by atoms with van der Waals surface area (Å²) in [6.45, 7) is 7.03. The molecule has 0 unspecified atom stereocenters. The first-order valence-corrected chi connectivity index (χ1v) is 5.93. The summed E-state index contributed by atoms with van der Waals surface area (Å²) in [7, 11) is 1.66. The van der Waals surface area contributed by atoms with Gasteiger partial charge in [0.15, 0.2) is 5.96 Å². The zero-order valence-corrected chi connectivity index (χ0v) is 13.8. The number of ether oxygens (including phenoxy) is 1. The van der Waals surface area contributed by atoms with E-state index in [1.165, 1.54) is 5.56 Å². The summed E-state index contributed by atoms with van der Waals surface area (Å²) in [6.07, 6.45) is 0.896. The van der Waals surface area contributed by atoms with Crippen molar-refractivity contribution in [2.75, 3.05) is 20.2 Å². The van der Waals surface area contributed by atoms with Gasteiger partial charge in [-0.2, -0.15) is 0 Å². The number of aliphatic imine (C=N–C) groups is 1. The third kappa shape index (κ3) is 7.71. The lowest BCUT2D eigenvalue weighted by molar-refractivity contribution is 0.414. The Morgan fingerprint density at radius 2 is 2.00 bits per heavy atom. The maximum Gasteiger partial charge on any atom is 0.188 e. The van der Waals surface area contributed by atoms with Crippen LogP contribution in [0.4, 0.5) is 0 Å². The number of halogens is 1. The fourth-order valence-corrected chi connectivity index (χ4v) is 1.40. The molecule has 0 aliphatic rings. The van der Waals surface area contributed by atoms with Crippen LogP contribution in [0, 0.1) is 0 Å². The highest BCUT2D eigenvalue weighted by Crippen LogP contribution is 2.11. The van der Waals surface area contributed by atoms with Crippen molar-refractivity contribution < 1.29 is 4.74 Å². The van der Waals surface area contributed by atoms with Crippen LogP contribution < -0.4 is 15.8 Å². The highest BCUT2D eigenvalue weighted by atomic mass is 127. The second-order valence-electron chi connectivity index (χ2n) is 4.18. The number of rotatable bonds is 6. The Labute approximate surface area is 132 Å². The van der Waals surface area contributed by atoms with E-state index in [2.05, 4.69) is 16.9 Å². The minimum absolute atomic E-state index is 0. The van der Waals surface area contributed by atoms with Crippen LogP contribution in [0.1, 0.15) is 12.5 Å². The van der Waals surface area contributed by atoms with Crippen LogP contribution in [0.3, 0.4) is 0 Å². The monoisotopic (exact) mass is 375 g/mol. The van der Waals surface area contributed by atoms with Crippen LogP contribution in [0.2, 0.25) is 0 Å². The Morgan fingerprint density at radius 3 is 2.53 bits per heavy atom. The molecule has 0 aromatic heterocycles. The molecule has 5 heteroatoms. The van der Waals surface area contributed by atoms with E-state index in [9.17, 15) is 0 Å². The maximum atomic E-state index is 5.71. The zero-order valence-electron chi connectivity index (χ0n) is 11.5. The van der Waals surface area contributed by atoms with Gasteiger partial charge in [-0.25, -0.2) is 4.99 Å². The van der Waals surface area contributed by atoms with E-state index < -0.39 is 0 Å². The summed E-state index contributed by atoms with van der Waals surface area (Å²) < 4.78 is 5.10. The number of methoxy groups -OCH3 is 1. The van der Waals surface area contributed by atoms with E-state index in [0.717, 1.165) is 24.3 Å². The number of hydrogen-bond acceptors (Lipinski definition) is 2. The first-order valence-electron chi connectivity index (χ1n) is 5.93. The van der Waals surface area contributed by atoms with Gasteiger partial charge in [0.2, 0.25) is 0 Å². The van der Waals surface area contributed by atoms with Crippen LogP contribution in [0.15, 0.2) is 41.4 Å². The molecule has 0 bridgehead atoms. The van der Waals surface area contributed by atoms with E-state index in [0.29, 0.717) is 12.5 Å². The minimum Gasteiger partial charge on any atom is -0.497 e. The fraction of sp³-hybridized carbons (Fsp3) is 0.357. The minimum atomic E-state index is 0. The quantitative estimate of drug-likeness (QED) is 0.347. The predicted octanol–water partition coefficient (Wildman–Crippen LogP) is 2.34. The Morgan fingerprint density at radius 1 is 1.37 bits per heavy atom. The van der Waals surface area contributed by atoms with Gasteiger partial charge >= 0.3 is 0 Å². The molecule has 4 nitrogen and oxygen atoms in total. The van der Waals surface area contributed by atoms with Crippen LogP contribution in [0.25, 0.3) is 0 Å². The fourth-order valence-electron chi connectivity index (χ4n) is 1.40. The highest BCUT2D eigenvalue weighted by Gasteiger charge is 1.95. The molecule has 19 heavy (non-hydrogen) atoms. The molecule has 0 atom stereocenters. The van der Waals surface area contributed by atoms with Gasteiger partial charge in [0.25, 0.3) is 0 Å². The number of benzene rings is 1. The zero-order chi connectivity index (χ0) is 13.4. The number of nitrogens with zero attached hydrogens (tertiary/aromatic N) is 1. The Kier molecular flexibility index (Phi) is 9.03. The van der Waals surface area contributed by atoms with E-state index in [1.807, 2.05) is 31.2 Å².